The smallest absolute Gasteiger partial charge is 0.416 e. The molecule has 0 spiro atoms. The summed E-state index contributed by atoms with van der Waals surface area (Å²) in [5.41, 5.74) is -0.748. The van der Waals surface area contributed by atoms with Gasteiger partial charge in [-0.25, -0.2) is 9.78 Å². The first-order chi connectivity index (χ1) is 12.2. The number of aromatic carboxylic acids is 1. The van der Waals surface area contributed by atoms with Crippen molar-refractivity contribution in [3.63, 3.8) is 0 Å². The molecule has 1 aromatic heterocycles. The van der Waals surface area contributed by atoms with Crippen LogP contribution in [-0.4, -0.2) is 35.3 Å². The molecule has 1 aliphatic rings. The minimum Gasteiger partial charge on any atom is -0.489 e. The van der Waals surface area contributed by atoms with Gasteiger partial charge in [-0.05, 0) is 30.3 Å². The Morgan fingerprint density at radius 2 is 2.00 bits per heavy atom. The monoisotopic (exact) mass is 386 g/mol. The topological polar surface area (TPSA) is 62.7 Å². The first kappa shape index (κ1) is 18.3. The highest BCUT2D eigenvalue weighted by Gasteiger charge is 2.31. The van der Waals surface area contributed by atoms with Gasteiger partial charge in [0.25, 0.3) is 0 Å². The van der Waals surface area contributed by atoms with E-state index >= 15 is 0 Å². The molecule has 0 amide bonds. The van der Waals surface area contributed by atoms with Crippen LogP contribution in [0.3, 0.4) is 0 Å². The maximum absolute atomic E-state index is 12.6. The number of rotatable bonds is 4. The van der Waals surface area contributed by atoms with Crippen LogP contribution < -0.4 is 9.64 Å². The number of ether oxygens (including phenoxy) is 1. The third-order valence-electron chi connectivity index (χ3n) is 3.99. The van der Waals surface area contributed by atoms with Gasteiger partial charge in [0, 0.05) is 19.2 Å². The van der Waals surface area contributed by atoms with Crippen molar-refractivity contribution in [2.45, 2.75) is 18.7 Å². The normalized spacial score (nSPS) is 17.4. The van der Waals surface area contributed by atoms with E-state index in [9.17, 15) is 23.1 Å². The number of halogens is 4. The minimum absolute atomic E-state index is 0.00678. The lowest BCUT2D eigenvalue weighted by Gasteiger charge is -2.20. The zero-order chi connectivity index (χ0) is 18.9. The molecule has 1 atom stereocenters. The number of benzene rings is 1. The van der Waals surface area contributed by atoms with Crippen molar-refractivity contribution >= 4 is 23.4 Å². The minimum atomic E-state index is -4.39. The molecule has 1 unspecified atom stereocenters. The maximum atomic E-state index is 12.6. The van der Waals surface area contributed by atoms with Crippen molar-refractivity contribution in [3.8, 4) is 5.75 Å². The molecule has 2 aromatic rings. The van der Waals surface area contributed by atoms with E-state index in [-0.39, 0.29) is 16.7 Å². The zero-order valence-corrected chi connectivity index (χ0v) is 14.1. The van der Waals surface area contributed by atoms with Crippen LogP contribution in [-0.2, 0) is 6.18 Å². The number of aromatic nitrogens is 1. The second-order valence-electron chi connectivity index (χ2n) is 5.83. The average Bonchev–Trinajstić information content (AvgIpc) is 3.02. The Hall–Kier alpha value is -2.48. The summed E-state index contributed by atoms with van der Waals surface area (Å²) >= 11 is 5.80. The molecular weight excluding hydrogens is 373 g/mol. The van der Waals surface area contributed by atoms with Gasteiger partial charge in [0.05, 0.1) is 17.1 Å². The van der Waals surface area contributed by atoms with Crippen LogP contribution in [0.25, 0.3) is 0 Å². The summed E-state index contributed by atoms with van der Waals surface area (Å²) in [5, 5.41) is 9.52. The van der Waals surface area contributed by atoms with E-state index in [4.69, 9.17) is 16.3 Å². The number of carbonyl (C=O) groups is 1. The lowest BCUT2D eigenvalue weighted by Crippen LogP contribution is -2.26. The molecule has 5 nitrogen and oxygen atoms in total. The first-order valence-electron chi connectivity index (χ1n) is 7.72. The van der Waals surface area contributed by atoms with Crippen molar-refractivity contribution < 1.29 is 27.8 Å². The summed E-state index contributed by atoms with van der Waals surface area (Å²) in [6, 6.07) is 5.80. The van der Waals surface area contributed by atoms with Crippen molar-refractivity contribution in [2.75, 3.05) is 18.0 Å². The Kier molecular flexibility index (Phi) is 4.95. The van der Waals surface area contributed by atoms with E-state index < -0.39 is 17.7 Å². The molecule has 0 aliphatic carbocycles. The summed E-state index contributed by atoms with van der Waals surface area (Å²) in [5.74, 6) is -0.519. The van der Waals surface area contributed by atoms with Crippen LogP contribution in [0.2, 0.25) is 5.02 Å². The largest absolute Gasteiger partial charge is 0.489 e. The predicted molar refractivity (Wildman–Crippen MR) is 88.9 cm³/mol. The lowest BCUT2D eigenvalue weighted by atomic mass is 10.2. The van der Waals surface area contributed by atoms with Crippen LogP contribution in [0.1, 0.15) is 22.3 Å². The van der Waals surface area contributed by atoms with Gasteiger partial charge in [-0.2, -0.15) is 13.2 Å². The van der Waals surface area contributed by atoms with Gasteiger partial charge >= 0.3 is 12.1 Å². The van der Waals surface area contributed by atoms with E-state index in [1.54, 1.807) is 4.90 Å². The Morgan fingerprint density at radius 3 is 2.62 bits per heavy atom. The summed E-state index contributed by atoms with van der Waals surface area (Å²) in [6.45, 7) is 0.885. The number of hydrogen-bond donors (Lipinski definition) is 1. The van der Waals surface area contributed by atoms with Gasteiger partial charge < -0.3 is 14.7 Å². The molecule has 0 radical (unpaired) electrons. The second kappa shape index (κ2) is 7.03. The highest BCUT2D eigenvalue weighted by atomic mass is 35.5. The van der Waals surface area contributed by atoms with Gasteiger partial charge in [0.2, 0.25) is 0 Å². The summed E-state index contributed by atoms with van der Waals surface area (Å²) in [4.78, 5) is 17.2. The molecule has 26 heavy (non-hydrogen) atoms. The van der Waals surface area contributed by atoms with Gasteiger partial charge in [-0.15, -0.1) is 0 Å². The highest BCUT2D eigenvalue weighted by Crippen LogP contribution is 2.31. The first-order valence-corrected chi connectivity index (χ1v) is 8.09. The van der Waals surface area contributed by atoms with Crippen molar-refractivity contribution in [1.82, 2.24) is 4.98 Å². The summed E-state index contributed by atoms with van der Waals surface area (Å²) < 4.78 is 43.5. The van der Waals surface area contributed by atoms with E-state index in [1.807, 2.05) is 0 Å². The lowest BCUT2D eigenvalue weighted by molar-refractivity contribution is -0.137. The molecule has 1 aromatic carbocycles. The van der Waals surface area contributed by atoms with Crippen molar-refractivity contribution in [3.05, 3.63) is 52.7 Å². The van der Waals surface area contributed by atoms with Crippen LogP contribution in [0.15, 0.2) is 36.5 Å². The van der Waals surface area contributed by atoms with E-state index in [0.29, 0.717) is 31.1 Å². The molecule has 2 heterocycles. The third-order valence-corrected chi connectivity index (χ3v) is 4.20. The number of hydrogen-bond acceptors (Lipinski definition) is 4. The van der Waals surface area contributed by atoms with Crippen molar-refractivity contribution in [1.29, 1.82) is 0 Å². The number of pyridine rings is 1. The molecule has 9 heteroatoms. The van der Waals surface area contributed by atoms with Gasteiger partial charge in [0.1, 0.15) is 23.2 Å². The summed E-state index contributed by atoms with van der Waals surface area (Å²) in [6.07, 6.45) is -2.72. The molecule has 3 rings (SSSR count). The van der Waals surface area contributed by atoms with Gasteiger partial charge in [-0.3, -0.25) is 0 Å². The molecule has 0 bridgehead atoms. The number of anilines is 1. The number of nitrogens with zero attached hydrogens (tertiary/aromatic N) is 2. The Bertz CT molecular complexity index is 812. The Labute approximate surface area is 152 Å². The Balaban J connectivity index is 1.69. The zero-order valence-electron chi connectivity index (χ0n) is 13.3. The molecule has 1 saturated heterocycles. The fourth-order valence-corrected chi connectivity index (χ4v) is 2.93. The molecule has 0 saturated carbocycles. The molecule has 1 N–H and O–H groups in total. The quantitative estimate of drug-likeness (QED) is 0.856. The van der Waals surface area contributed by atoms with Gasteiger partial charge in [0.15, 0.2) is 0 Å². The van der Waals surface area contributed by atoms with Crippen LogP contribution in [0, 0.1) is 0 Å². The van der Waals surface area contributed by atoms with Crippen molar-refractivity contribution in [2.24, 2.45) is 0 Å². The third kappa shape index (κ3) is 4.01. The molecule has 1 aliphatic heterocycles. The number of carboxylic acids is 1. The standard InChI is InChI=1S/C17H14ClF3N2O3/c18-11-7-14(16(24)25)15(22-8-11)23-6-5-13(9-23)26-12-3-1-10(2-4-12)17(19,20)21/h1-4,7-8,13H,5-6,9H2,(H,24,25). The predicted octanol–water partition coefficient (Wildman–Crippen LogP) is 4.11. The Morgan fingerprint density at radius 1 is 1.31 bits per heavy atom. The van der Waals surface area contributed by atoms with E-state index in [0.717, 1.165) is 12.1 Å². The van der Waals surface area contributed by atoms with Crippen LogP contribution >= 0.6 is 11.6 Å². The molecule has 138 valence electrons. The maximum Gasteiger partial charge on any atom is 0.416 e. The van der Waals surface area contributed by atoms with Crippen LogP contribution in [0.5, 0.6) is 5.75 Å². The fraction of sp³-hybridized carbons (Fsp3) is 0.294. The van der Waals surface area contributed by atoms with Crippen LogP contribution in [0.4, 0.5) is 19.0 Å². The molecule has 1 fully saturated rings. The SMILES string of the molecule is O=C(O)c1cc(Cl)cnc1N1CCC(Oc2ccc(C(F)(F)F)cc2)C1. The number of carboxylic acid groups (broad SMARTS) is 1. The van der Waals surface area contributed by atoms with E-state index in [2.05, 4.69) is 4.98 Å². The number of alkyl halides is 3. The second-order valence-corrected chi connectivity index (χ2v) is 6.26. The average molecular weight is 387 g/mol. The van der Waals surface area contributed by atoms with Gasteiger partial charge in [-0.1, -0.05) is 11.6 Å². The fourth-order valence-electron chi connectivity index (χ4n) is 2.77. The molecular formula is C17H14ClF3N2O3. The summed E-state index contributed by atoms with van der Waals surface area (Å²) in [7, 11) is 0. The van der Waals surface area contributed by atoms with E-state index in [1.165, 1.54) is 24.4 Å². The highest BCUT2D eigenvalue weighted by molar-refractivity contribution is 6.30.